The zero-order valence-electron chi connectivity index (χ0n) is 10.3. The van der Waals surface area contributed by atoms with Crippen LogP contribution in [0.25, 0.3) is 0 Å². The van der Waals surface area contributed by atoms with Crippen LogP contribution >= 0.6 is 22.9 Å². The molecule has 0 bridgehead atoms. The summed E-state index contributed by atoms with van der Waals surface area (Å²) in [7, 11) is 1.61. The van der Waals surface area contributed by atoms with E-state index in [9.17, 15) is 4.79 Å². The fourth-order valence-corrected chi connectivity index (χ4v) is 2.27. The lowest BCUT2D eigenvalue weighted by Gasteiger charge is -2.16. The number of halogens is 1. The van der Waals surface area contributed by atoms with E-state index in [1.54, 1.807) is 30.1 Å². The van der Waals surface area contributed by atoms with Crippen molar-refractivity contribution in [3.63, 3.8) is 0 Å². The van der Waals surface area contributed by atoms with Crippen molar-refractivity contribution in [1.29, 1.82) is 0 Å². The first-order chi connectivity index (χ1) is 9.20. The first kappa shape index (κ1) is 14.0. The van der Waals surface area contributed by atoms with Crippen LogP contribution in [0.2, 0.25) is 5.02 Å². The second kappa shape index (κ2) is 6.65. The maximum Gasteiger partial charge on any atom is 0.270 e. The zero-order chi connectivity index (χ0) is 13.7. The molecule has 2 aromatic rings. The van der Waals surface area contributed by atoms with E-state index < -0.39 is 0 Å². The normalized spacial score (nSPS) is 12.1. The molecule has 0 aliphatic carbocycles. The van der Waals surface area contributed by atoms with Gasteiger partial charge in [-0.05, 0) is 17.7 Å². The number of carbonyl (C=O) groups is 1. The minimum atomic E-state index is -0.208. The molecule has 6 heteroatoms. The summed E-state index contributed by atoms with van der Waals surface area (Å²) < 4.78 is 5.37. The number of nitrogens with one attached hydrogen (secondary N) is 1. The second-order valence-electron chi connectivity index (χ2n) is 3.86. The third-order valence-electron chi connectivity index (χ3n) is 2.64. The van der Waals surface area contributed by atoms with Gasteiger partial charge in [0, 0.05) is 24.1 Å². The predicted octanol–water partition coefficient (Wildman–Crippen LogP) is 2.91. The average Bonchev–Trinajstić information content (AvgIpc) is 2.95. The van der Waals surface area contributed by atoms with Crippen LogP contribution in [0.3, 0.4) is 0 Å². The fourth-order valence-electron chi connectivity index (χ4n) is 1.62. The van der Waals surface area contributed by atoms with Crippen LogP contribution in [-0.4, -0.2) is 24.5 Å². The number of benzene rings is 1. The van der Waals surface area contributed by atoms with Crippen molar-refractivity contribution in [1.82, 2.24) is 10.3 Å². The summed E-state index contributed by atoms with van der Waals surface area (Å²) >= 11 is 7.22. The molecule has 4 nitrogen and oxygen atoms in total. The highest BCUT2D eigenvalue weighted by atomic mass is 35.5. The van der Waals surface area contributed by atoms with E-state index in [0.29, 0.717) is 17.3 Å². The third kappa shape index (κ3) is 3.76. The van der Waals surface area contributed by atoms with Crippen LogP contribution in [0.4, 0.5) is 0 Å². The van der Waals surface area contributed by atoms with Crippen LogP contribution in [0, 0.1) is 0 Å². The van der Waals surface area contributed by atoms with E-state index in [1.165, 1.54) is 11.3 Å². The van der Waals surface area contributed by atoms with Gasteiger partial charge in [-0.15, -0.1) is 11.3 Å². The Morgan fingerprint density at radius 3 is 2.79 bits per heavy atom. The first-order valence-corrected chi connectivity index (χ1v) is 6.97. The third-order valence-corrected chi connectivity index (χ3v) is 3.48. The Morgan fingerprint density at radius 2 is 2.21 bits per heavy atom. The number of nitrogens with zero attached hydrogens (tertiary/aromatic N) is 1. The van der Waals surface area contributed by atoms with E-state index in [-0.39, 0.29) is 12.0 Å². The second-order valence-corrected chi connectivity index (χ2v) is 5.01. The van der Waals surface area contributed by atoms with E-state index in [2.05, 4.69) is 10.3 Å². The van der Waals surface area contributed by atoms with Gasteiger partial charge in [-0.1, -0.05) is 23.7 Å². The highest BCUT2D eigenvalue weighted by molar-refractivity contribution is 7.07. The number of ether oxygens (including phenoxy) is 1. The molecule has 1 heterocycles. The molecule has 0 aliphatic rings. The summed E-state index contributed by atoms with van der Waals surface area (Å²) in [6.45, 7) is 0.383. The minimum absolute atomic E-state index is 0.197. The van der Waals surface area contributed by atoms with Crippen molar-refractivity contribution in [2.24, 2.45) is 0 Å². The Balaban J connectivity index is 1.96. The molecule has 0 fully saturated rings. The van der Waals surface area contributed by atoms with Gasteiger partial charge in [-0.2, -0.15) is 0 Å². The lowest BCUT2D eigenvalue weighted by atomic mass is 10.1. The summed E-state index contributed by atoms with van der Waals surface area (Å²) in [6, 6.07) is 7.35. The molecule has 1 aromatic heterocycles. The Kier molecular flexibility index (Phi) is 4.90. The van der Waals surface area contributed by atoms with Gasteiger partial charge >= 0.3 is 0 Å². The molecule has 0 aliphatic heterocycles. The predicted molar refractivity (Wildman–Crippen MR) is 75.6 cm³/mol. The van der Waals surface area contributed by atoms with Gasteiger partial charge in [-0.3, -0.25) is 4.79 Å². The summed E-state index contributed by atoms with van der Waals surface area (Å²) in [6.07, 6.45) is -0.208. The Hall–Kier alpha value is -1.43. The van der Waals surface area contributed by atoms with Gasteiger partial charge in [0.15, 0.2) is 0 Å². The monoisotopic (exact) mass is 296 g/mol. The maximum absolute atomic E-state index is 11.8. The topological polar surface area (TPSA) is 51.2 Å². The van der Waals surface area contributed by atoms with Crippen LogP contribution in [0.15, 0.2) is 35.2 Å². The largest absolute Gasteiger partial charge is 0.375 e. The molecule has 0 saturated carbocycles. The molecule has 1 aromatic carbocycles. The molecular formula is C13H13ClN2O2S. The van der Waals surface area contributed by atoms with E-state index in [4.69, 9.17) is 16.3 Å². The number of thiazole rings is 1. The molecular weight excluding hydrogens is 284 g/mol. The SMILES string of the molecule is COC(CNC(=O)c1cscn1)c1ccc(Cl)cc1. The Labute approximate surface area is 120 Å². The molecule has 2 rings (SSSR count). The van der Waals surface area contributed by atoms with Crippen LogP contribution < -0.4 is 5.32 Å². The quantitative estimate of drug-likeness (QED) is 0.923. The highest BCUT2D eigenvalue weighted by Gasteiger charge is 2.13. The Morgan fingerprint density at radius 1 is 1.47 bits per heavy atom. The smallest absolute Gasteiger partial charge is 0.270 e. The highest BCUT2D eigenvalue weighted by Crippen LogP contribution is 2.18. The maximum atomic E-state index is 11.8. The molecule has 0 radical (unpaired) electrons. The van der Waals surface area contributed by atoms with Crippen molar-refractivity contribution < 1.29 is 9.53 Å². The first-order valence-electron chi connectivity index (χ1n) is 5.65. The number of amides is 1. The lowest BCUT2D eigenvalue weighted by Crippen LogP contribution is -2.29. The molecule has 1 amide bonds. The average molecular weight is 297 g/mol. The number of hydrogen-bond donors (Lipinski definition) is 1. The van der Waals surface area contributed by atoms with E-state index >= 15 is 0 Å². The van der Waals surface area contributed by atoms with Gasteiger partial charge in [-0.25, -0.2) is 4.98 Å². The number of aromatic nitrogens is 1. The minimum Gasteiger partial charge on any atom is -0.375 e. The fraction of sp³-hybridized carbons (Fsp3) is 0.231. The molecule has 0 saturated heterocycles. The van der Waals surface area contributed by atoms with Gasteiger partial charge in [0.05, 0.1) is 11.6 Å². The Bertz CT molecular complexity index is 528. The number of carbonyl (C=O) groups excluding carboxylic acids is 1. The van der Waals surface area contributed by atoms with Crippen molar-refractivity contribution >= 4 is 28.8 Å². The van der Waals surface area contributed by atoms with Crippen molar-refractivity contribution in [2.45, 2.75) is 6.10 Å². The van der Waals surface area contributed by atoms with Gasteiger partial charge in [0.2, 0.25) is 0 Å². The van der Waals surface area contributed by atoms with E-state index in [0.717, 1.165) is 5.56 Å². The van der Waals surface area contributed by atoms with Crippen molar-refractivity contribution in [3.8, 4) is 0 Å². The molecule has 1 N–H and O–H groups in total. The van der Waals surface area contributed by atoms with Crippen molar-refractivity contribution in [2.75, 3.05) is 13.7 Å². The van der Waals surface area contributed by atoms with Crippen molar-refractivity contribution in [3.05, 3.63) is 51.4 Å². The molecule has 19 heavy (non-hydrogen) atoms. The lowest BCUT2D eigenvalue weighted by molar-refractivity contribution is 0.0825. The van der Waals surface area contributed by atoms with Gasteiger partial charge in [0.25, 0.3) is 5.91 Å². The summed E-state index contributed by atoms with van der Waals surface area (Å²) in [5, 5.41) is 5.18. The molecule has 1 atom stereocenters. The zero-order valence-corrected chi connectivity index (χ0v) is 11.9. The number of hydrogen-bond acceptors (Lipinski definition) is 4. The van der Waals surface area contributed by atoms with E-state index in [1.807, 2.05) is 12.1 Å². The van der Waals surface area contributed by atoms with Gasteiger partial charge in [0.1, 0.15) is 5.69 Å². The summed E-state index contributed by atoms with van der Waals surface area (Å²) in [4.78, 5) is 15.7. The molecule has 0 spiro atoms. The number of rotatable bonds is 5. The summed E-state index contributed by atoms with van der Waals surface area (Å²) in [5.41, 5.74) is 3.02. The van der Waals surface area contributed by atoms with Crippen LogP contribution in [0.1, 0.15) is 22.2 Å². The molecule has 100 valence electrons. The molecule has 1 unspecified atom stereocenters. The van der Waals surface area contributed by atoms with Crippen LogP contribution in [0.5, 0.6) is 0 Å². The number of methoxy groups -OCH3 is 1. The standard InChI is InChI=1S/C13H13ClN2O2S/c1-18-12(9-2-4-10(14)5-3-9)6-15-13(17)11-7-19-8-16-11/h2-5,7-8,12H,6H2,1H3,(H,15,17). The van der Waals surface area contributed by atoms with Gasteiger partial charge < -0.3 is 10.1 Å². The summed E-state index contributed by atoms with van der Waals surface area (Å²) in [5.74, 6) is -0.197. The van der Waals surface area contributed by atoms with Crippen LogP contribution in [-0.2, 0) is 4.74 Å².